The number of carbonyl (C=O) groups is 3. The monoisotopic (exact) mass is 513 g/mol. The number of nitrogens with zero attached hydrogens (tertiary/aromatic N) is 4. The maximum atomic E-state index is 13.3. The van der Waals surface area contributed by atoms with Crippen LogP contribution in [0.15, 0.2) is 53.2 Å². The fourth-order valence-electron chi connectivity index (χ4n) is 5.26. The minimum atomic E-state index is -1.36. The fourth-order valence-corrected chi connectivity index (χ4v) is 5.26. The number of hydrogen-bond acceptors (Lipinski definition) is 7. The number of methoxy groups -OCH3 is 1. The molecule has 0 unspecified atom stereocenters. The fraction of sp³-hybridized carbons (Fsp3) is 0.321. The highest BCUT2D eigenvalue weighted by Crippen LogP contribution is 2.39. The van der Waals surface area contributed by atoms with Gasteiger partial charge in [0.25, 0.3) is 5.91 Å². The zero-order valence-electron chi connectivity index (χ0n) is 21.4. The molecule has 2 aliphatic rings. The van der Waals surface area contributed by atoms with Crippen molar-refractivity contribution in [1.29, 1.82) is 0 Å². The molecule has 2 aliphatic heterocycles. The molecule has 1 atom stereocenters. The van der Waals surface area contributed by atoms with Crippen molar-refractivity contribution in [2.75, 3.05) is 13.7 Å². The number of ether oxygens (including phenoxy) is 1. The van der Waals surface area contributed by atoms with Gasteiger partial charge in [-0.2, -0.15) is 5.10 Å². The molecular formula is C28H27N5O5. The Bertz CT molecular complexity index is 1600. The summed E-state index contributed by atoms with van der Waals surface area (Å²) in [5.41, 5.74) is 2.64. The van der Waals surface area contributed by atoms with E-state index in [4.69, 9.17) is 14.1 Å². The van der Waals surface area contributed by atoms with Gasteiger partial charge < -0.3 is 14.1 Å². The van der Waals surface area contributed by atoms with Crippen LogP contribution in [-0.2, 0) is 28.1 Å². The van der Waals surface area contributed by atoms with Crippen molar-refractivity contribution >= 4 is 28.8 Å². The zero-order valence-corrected chi connectivity index (χ0v) is 21.4. The van der Waals surface area contributed by atoms with E-state index in [2.05, 4.69) is 24.3 Å². The zero-order chi connectivity index (χ0) is 26.6. The first kappa shape index (κ1) is 23.9. The smallest absolute Gasteiger partial charge is 0.254 e. The van der Waals surface area contributed by atoms with Gasteiger partial charge in [0.15, 0.2) is 5.58 Å². The molecule has 0 bridgehead atoms. The van der Waals surface area contributed by atoms with Crippen molar-refractivity contribution in [1.82, 2.24) is 25.0 Å². The number of aromatic nitrogens is 3. The number of carbonyl (C=O) groups excluding carboxylic acids is 3. The molecule has 1 saturated heterocycles. The van der Waals surface area contributed by atoms with E-state index in [0.717, 1.165) is 23.4 Å². The largest absolute Gasteiger partial charge is 0.497 e. The van der Waals surface area contributed by atoms with Crippen molar-refractivity contribution in [2.24, 2.45) is 5.92 Å². The maximum absolute atomic E-state index is 13.3. The minimum Gasteiger partial charge on any atom is -0.497 e. The molecule has 3 aromatic heterocycles. The van der Waals surface area contributed by atoms with Crippen LogP contribution in [0.25, 0.3) is 22.4 Å². The molecule has 1 fully saturated rings. The number of pyridine rings is 1. The second kappa shape index (κ2) is 8.83. The van der Waals surface area contributed by atoms with E-state index >= 15 is 0 Å². The van der Waals surface area contributed by atoms with Crippen molar-refractivity contribution < 1.29 is 23.5 Å². The Morgan fingerprint density at radius 1 is 1.16 bits per heavy atom. The van der Waals surface area contributed by atoms with Gasteiger partial charge in [-0.05, 0) is 35.7 Å². The molecule has 1 N–H and O–H groups in total. The molecule has 0 saturated carbocycles. The molecule has 0 aliphatic carbocycles. The summed E-state index contributed by atoms with van der Waals surface area (Å²) >= 11 is 0. The number of furan rings is 1. The van der Waals surface area contributed by atoms with E-state index in [9.17, 15) is 14.4 Å². The lowest BCUT2D eigenvalue weighted by atomic mass is 9.82. The highest BCUT2D eigenvalue weighted by atomic mass is 16.5. The van der Waals surface area contributed by atoms with Crippen LogP contribution in [0.1, 0.15) is 41.9 Å². The van der Waals surface area contributed by atoms with Gasteiger partial charge in [0.1, 0.15) is 22.4 Å². The Labute approximate surface area is 218 Å². The lowest BCUT2D eigenvalue weighted by molar-refractivity contribution is -0.127. The normalized spacial score (nSPS) is 19.1. The average Bonchev–Trinajstić information content (AvgIpc) is 3.65. The summed E-state index contributed by atoms with van der Waals surface area (Å²) in [6.07, 6.45) is 3.60. The Balaban J connectivity index is 1.34. The number of imide groups is 1. The molecule has 38 heavy (non-hydrogen) atoms. The number of amides is 3. The van der Waals surface area contributed by atoms with E-state index < -0.39 is 17.2 Å². The highest BCUT2D eigenvalue weighted by molar-refractivity contribution is 6.10. The van der Waals surface area contributed by atoms with Gasteiger partial charge >= 0.3 is 0 Å². The van der Waals surface area contributed by atoms with E-state index in [0.29, 0.717) is 40.6 Å². The third-order valence-electron chi connectivity index (χ3n) is 7.13. The van der Waals surface area contributed by atoms with Crippen LogP contribution >= 0.6 is 0 Å². The predicted octanol–water partition coefficient (Wildman–Crippen LogP) is 3.30. The SMILES string of the molecule is COc1ccc2c(c1)C(=O)N(C[C@@]1(c3cc4nc(-c5cnn(CC(C)C)c5)ccc4o3)CC(=O)NC1=O)C2. The molecule has 0 spiro atoms. The maximum Gasteiger partial charge on any atom is 0.254 e. The molecule has 3 amide bonds. The van der Waals surface area contributed by atoms with Gasteiger partial charge in [0.05, 0.1) is 25.4 Å². The first-order valence-corrected chi connectivity index (χ1v) is 12.5. The quantitative estimate of drug-likeness (QED) is 0.377. The second-order valence-electron chi connectivity index (χ2n) is 10.4. The van der Waals surface area contributed by atoms with E-state index in [1.54, 1.807) is 42.5 Å². The van der Waals surface area contributed by atoms with E-state index in [1.807, 2.05) is 23.0 Å². The topological polar surface area (TPSA) is 120 Å². The minimum absolute atomic E-state index is 0.00491. The van der Waals surface area contributed by atoms with Crippen molar-refractivity contribution in [3.8, 4) is 17.0 Å². The average molecular weight is 514 g/mol. The molecule has 0 radical (unpaired) electrons. The van der Waals surface area contributed by atoms with Gasteiger partial charge in [-0.1, -0.05) is 19.9 Å². The van der Waals surface area contributed by atoms with Crippen molar-refractivity contribution in [3.63, 3.8) is 0 Å². The van der Waals surface area contributed by atoms with E-state index in [-0.39, 0.29) is 18.9 Å². The van der Waals surface area contributed by atoms with Crippen LogP contribution < -0.4 is 10.1 Å². The van der Waals surface area contributed by atoms with Crippen molar-refractivity contribution in [2.45, 2.75) is 38.8 Å². The molecule has 10 nitrogen and oxygen atoms in total. The van der Waals surface area contributed by atoms with Crippen molar-refractivity contribution in [3.05, 3.63) is 65.7 Å². The van der Waals surface area contributed by atoms with Crippen LogP contribution in [0.3, 0.4) is 0 Å². The summed E-state index contributed by atoms with van der Waals surface area (Å²) in [6.45, 7) is 5.38. The number of hydrogen-bond donors (Lipinski definition) is 1. The molecule has 4 aromatic rings. The van der Waals surface area contributed by atoms with Crippen LogP contribution in [0, 0.1) is 5.92 Å². The summed E-state index contributed by atoms with van der Waals surface area (Å²) in [4.78, 5) is 45.2. The lowest BCUT2D eigenvalue weighted by Gasteiger charge is -2.28. The third-order valence-corrected chi connectivity index (χ3v) is 7.13. The Morgan fingerprint density at radius 3 is 2.74 bits per heavy atom. The molecule has 5 heterocycles. The first-order chi connectivity index (χ1) is 18.3. The van der Waals surface area contributed by atoms with Gasteiger partial charge in [-0.3, -0.25) is 24.4 Å². The summed E-state index contributed by atoms with van der Waals surface area (Å²) < 4.78 is 13.3. The number of fused-ring (bicyclic) bond motifs is 2. The molecule has 6 rings (SSSR count). The molecule has 1 aromatic carbocycles. The Morgan fingerprint density at radius 2 is 2.00 bits per heavy atom. The molecule has 194 valence electrons. The number of nitrogens with one attached hydrogen (secondary N) is 1. The first-order valence-electron chi connectivity index (χ1n) is 12.5. The van der Waals surface area contributed by atoms with Crippen LogP contribution in [0.5, 0.6) is 5.75 Å². The standard InChI is InChI=1S/C28H27N5O5/c1-16(2)12-33-14-18(11-29-33)21-6-7-23-22(30-21)9-24(38-23)28(10-25(34)31-27(28)36)15-32-13-17-4-5-19(37-3)8-20(17)26(32)35/h4-9,11,14,16H,10,12-13,15H2,1-3H3,(H,31,34,36)/t28-/m1/s1. The van der Waals surface area contributed by atoms with Crippen LogP contribution in [0.2, 0.25) is 0 Å². The summed E-state index contributed by atoms with van der Waals surface area (Å²) in [6, 6.07) is 10.7. The summed E-state index contributed by atoms with van der Waals surface area (Å²) in [7, 11) is 1.54. The van der Waals surface area contributed by atoms with Crippen LogP contribution in [-0.4, -0.2) is 51.0 Å². The molecule has 10 heteroatoms. The van der Waals surface area contributed by atoms with Gasteiger partial charge in [-0.25, -0.2) is 4.98 Å². The summed E-state index contributed by atoms with van der Waals surface area (Å²) in [5.74, 6) is 0.225. The predicted molar refractivity (Wildman–Crippen MR) is 137 cm³/mol. The van der Waals surface area contributed by atoms with E-state index in [1.165, 1.54) is 0 Å². The molecular weight excluding hydrogens is 486 g/mol. The highest BCUT2D eigenvalue weighted by Gasteiger charge is 2.53. The Hall–Kier alpha value is -4.47. The Kier molecular flexibility index (Phi) is 5.55. The number of benzene rings is 1. The second-order valence-corrected chi connectivity index (χ2v) is 10.4. The lowest BCUT2D eigenvalue weighted by Crippen LogP contribution is -2.46. The van der Waals surface area contributed by atoms with Crippen LogP contribution in [0.4, 0.5) is 0 Å². The number of rotatable bonds is 7. The third kappa shape index (κ3) is 3.93. The van der Waals surface area contributed by atoms with Gasteiger partial charge in [-0.15, -0.1) is 0 Å². The van der Waals surface area contributed by atoms with Gasteiger partial charge in [0, 0.05) is 43.0 Å². The summed E-state index contributed by atoms with van der Waals surface area (Å²) in [5, 5.41) is 6.83. The van der Waals surface area contributed by atoms with Gasteiger partial charge in [0.2, 0.25) is 11.8 Å².